The lowest BCUT2D eigenvalue weighted by atomic mass is 10.1. The van der Waals surface area contributed by atoms with E-state index in [2.05, 4.69) is 34.5 Å². The van der Waals surface area contributed by atoms with Gasteiger partial charge in [-0.1, -0.05) is 24.3 Å². The van der Waals surface area contributed by atoms with Crippen molar-refractivity contribution in [2.24, 2.45) is 0 Å². The Labute approximate surface area is 149 Å². The maximum absolute atomic E-state index is 11.7. The lowest BCUT2D eigenvalue weighted by Gasteiger charge is -2.31. The second kappa shape index (κ2) is 6.46. The molecule has 1 saturated heterocycles. The molecule has 132 valence electrons. The van der Waals surface area contributed by atoms with Crippen LogP contribution in [-0.2, 0) is 16.3 Å². The van der Waals surface area contributed by atoms with Gasteiger partial charge in [0.15, 0.2) is 9.84 Å². The highest BCUT2D eigenvalue weighted by molar-refractivity contribution is 7.90. The average Bonchev–Trinajstić information content (AvgIpc) is 3.23. The molecule has 0 unspecified atom stereocenters. The summed E-state index contributed by atoms with van der Waals surface area (Å²) in [5, 5.41) is 3.67. The van der Waals surface area contributed by atoms with Crippen LogP contribution in [0.3, 0.4) is 0 Å². The van der Waals surface area contributed by atoms with Crippen LogP contribution >= 0.6 is 0 Å². The van der Waals surface area contributed by atoms with E-state index in [1.54, 1.807) is 12.1 Å². The maximum Gasteiger partial charge on any atom is 0.175 e. The summed E-state index contributed by atoms with van der Waals surface area (Å²) in [5.74, 6) is 0. The number of anilines is 1. The molecule has 0 aromatic heterocycles. The Morgan fingerprint density at radius 1 is 1.00 bits per heavy atom. The normalized spacial score (nSPS) is 23.6. The average molecular weight is 356 g/mol. The Morgan fingerprint density at radius 3 is 2.36 bits per heavy atom. The number of hydrogen-bond acceptors (Lipinski definition) is 4. The third-order valence-electron chi connectivity index (χ3n) is 5.42. The van der Waals surface area contributed by atoms with Crippen molar-refractivity contribution in [2.75, 3.05) is 24.7 Å². The highest BCUT2D eigenvalue weighted by Crippen LogP contribution is 2.38. The number of likely N-dealkylation sites (tertiary alicyclic amines) is 1. The predicted molar refractivity (Wildman–Crippen MR) is 101 cm³/mol. The van der Waals surface area contributed by atoms with Gasteiger partial charge in [0.05, 0.1) is 10.9 Å². The molecule has 1 aliphatic heterocycles. The zero-order chi connectivity index (χ0) is 17.4. The van der Waals surface area contributed by atoms with Gasteiger partial charge < -0.3 is 5.32 Å². The molecule has 5 heteroatoms. The van der Waals surface area contributed by atoms with Crippen LogP contribution in [0.25, 0.3) is 0 Å². The van der Waals surface area contributed by atoms with E-state index < -0.39 is 9.84 Å². The van der Waals surface area contributed by atoms with E-state index in [1.807, 2.05) is 12.1 Å². The lowest BCUT2D eigenvalue weighted by Crippen LogP contribution is -2.38. The van der Waals surface area contributed by atoms with Crippen LogP contribution in [-0.4, -0.2) is 38.7 Å². The summed E-state index contributed by atoms with van der Waals surface area (Å²) in [6.07, 6.45) is 4.88. The molecule has 0 bridgehead atoms. The van der Waals surface area contributed by atoms with Gasteiger partial charge in [-0.25, -0.2) is 8.42 Å². The van der Waals surface area contributed by atoms with E-state index in [1.165, 1.54) is 43.3 Å². The molecule has 4 nitrogen and oxygen atoms in total. The van der Waals surface area contributed by atoms with Crippen molar-refractivity contribution >= 4 is 15.5 Å². The van der Waals surface area contributed by atoms with E-state index in [9.17, 15) is 8.42 Å². The first-order valence-electron chi connectivity index (χ1n) is 8.91. The Bertz CT molecular complexity index is 856. The van der Waals surface area contributed by atoms with Gasteiger partial charge in [-0.15, -0.1) is 0 Å². The fourth-order valence-corrected chi connectivity index (χ4v) is 4.77. The Morgan fingerprint density at radius 2 is 1.68 bits per heavy atom. The highest BCUT2D eigenvalue weighted by atomic mass is 32.2. The summed E-state index contributed by atoms with van der Waals surface area (Å²) in [4.78, 5) is 2.96. The van der Waals surface area contributed by atoms with E-state index in [4.69, 9.17) is 0 Å². The number of fused-ring (bicyclic) bond motifs is 1. The molecule has 1 aliphatic carbocycles. The molecule has 0 spiro atoms. The van der Waals surface area contributed by atoms with Gasteiger partial charge in [0.1, 0.15) is 0 Å². The van der Waals surface area contributed by atoms with Crippen LogP contribution in [0.4, 0.5) is 5.69 Å². The molecule has 4 rings (SSSR count). The first kappa shape index (κ1) is 16.6. The van der Waals surface area contributed by atoms with Gasteiger partial charge in [-0.3, -0.25) is 4.90 Å². The Hall–Kier alpha value is -1.85. The first-order valence-corrected chi connectivity index (χ1v) is 10.8. The van der Waals surface area contributed by atoms with E-state index in [0.717, 1.165) is 12.1 Å². The molecule has 1 N–H and O–H groups in total. The van der Waals surface area contributed by atoms with Crippen LogP contribution in [0, 0.1) is 0 Å². The lowest BCUT2D eigenvalue weighted by molar-refractivity contribution is 0.230. The number of rotatable bonds is 4. The molecule has 0 saturated carbocycles. The summed E-state index contributed by atoms with van der Waals surface area (Å²) in [6.45, 7) is 2.34. The highest BCUT2D eigenvalue weighted by Gasteiger charge is 2.37. The fourth-order valence-electron chi connectivity index (χ4n) is 4.14. The SMILES string of the molecule is CS(=O)(=O)c1ccc(N[C@H]2c3ccccc3C[C@@H]2N2CCCC2)cc1. The minimum absolute atomic E-state index is 0.249. The molecule has 2 aromatic carbocycles. The van der Waals surface area contributed by atoms with Crippen molar-refractivity contribution in [3.05, 3.63) is 59.7 Å². The first-order chi connectivity index (χ1) is 12.0. The van der Waals surface area contributed by atoms with Gasteiger partial charge in [0.2, 0.25) is 0 Å². The third-order valence-corrected chi connectivity index (χ3v) is 6.55. The summed E-state index contributed by atoms with van der Waals surface area (Å²) in [5.41, 5.74) is 3.76. The molecule has 25 heavy (non-hydrogen) atoms. The van der Waals surface area contributed by atoms with Crippen LogP contribution < -0.4 is 5.32 Å². The largest absolute Gasteiger partial charge is 0.377 e. The number of benzene rings is 2. The quantitative estimate of drug-likeness (QED) is 0.913. The van der Waals surface area contributed by atoms with Gasteiger partial charge in [-0.2, -0.15) is 0 Å². The van der Waals surface area contributed by atoms with Crippen LogP contribution in [0.5, 0.6) is 0 Å². The van der Waals surface area contributed by atoms with Crippen LogP contribution in [0.1, 0.15) is 30.0 Å². The fraction of sp³-hybridized carbons (Fsp3) is 0.400. The molecule has 2 aliphatic rings. The molecule has 1 heterocycles. The van der Waals surface area contributed by atoms with Crippen molar-refractivity contribution in [3.8, 4) is 0 Å². The van der Waals surface area contributed by atoms with Gasteiger partial charge in [-0.05, 0) is 67.7 Å². The minimum atomic E-state index is -3.16. The monoisotopic (exact) mass is 356 g/mol. The van der Waals surface area contributed by atoms with Gasteiger partial charge in [0, 0.05) is 18.0 Å². The molecule has 2 aromatic rings. The number of sulfone groups is 1. The molecule has 0 amide bonds. The summed E-state index contributed by atoms with van der Waals surface area (Å²) in [7, 11) is -3.16. The van der Waals surface area contributed by atoms with Crippen molar-refractivity contribution < 1.29 is 8.42 Å². The van der Waals surface area contributed by atoms with Crippen molar-refractivity contribution in [3.63, 3.8) is 0 Å². The molecule has 2 atom stereocenters. The molecular weight excluding hydrogens is 332 g/mol. The van der Waals surface area contributed by atoms with Crippen LogP contribution in [0.15, 0.2) is 53.4 Å². The van der Waals surface area contributed by atoms with Crippen molar-refractivity contribution in [2.45, 2.75) is 36.2 Å². The zero-order valence-corrected chi connectivity index (χ0v) is 15.3. The topological polar surface area (TPSA) is 49.4 Å². The summed E-state index contributed by atoms with van der Waals surface area (Å²) >= 11 is 0. The second-order valence-electron chi connectivity index (χ2n) is 7.13. The Kier molecular flexibility index (Phi) is 4.29. The number of hydrogen-bond donors (Lipinski definition) is 1. The minimum Gasteiger partial charge on any atom is -0.377 e. The Balaban J connectivity index is 1.61. The van der Waals surface area contributed by atoms with Gasteiger partial charge >= 0.3 is 0 Å². The van der Waals surface area contributed by atoms with E-state index in [0.29, 0.717) is 10.9 Å². The molecule has 1 fully saturated rings. The van der Waals surface area contributed by atoms with Crippen LogP contribution in [0.2, 0.25) is 0 Å². The maximum atomic E-state index is 11.7. The van der Waals surface area contributed by atoms with Crippen molar-refractivity contribution in [1.82, 2.24) is 4.90 Å². The molecule has 0 radical (unpaired) electrons. The van der Waals surface area contributed by atoms with E-state index in [-0.39, 0.29) is 6.04 Å². The number of nitrogens with one attached hydrogen (secondary N) is 1. The van der Waals surface area contributed by atoms with E-state index >= 15 is 0 Å². The van der Waals surface area contributed by atoms with Crippen molar-refractivity contribution in [1.29, 1.82) is 0 Å². The molecular formula is C20H24N2O2S. The summed E-state index contributed by atoms with van der Waals surface area (Å²) in [6, 6.07) is 16.5. The zero-order valence-electron chi connectivity index (χ0n) is 14.5. The smallest absolute Gasteiger partial charge is 0.175 e. The summed E-state index contributed by atoms with van der Waals surface area (Å²) < 4.78 is 23.3. The third kappa shape index (κ3) is 3.31. The second-order valence-corrected chi connectivity index (χ2v) is 9.15. The van der Waals surface area contributed by atoms with Gasteiger partial charge in [0.25, 0.3) is 0 Å². The number of nitrogens with zero attached hydrogens (tertiary/aromatic N) is 1. The predicted octanol–water partition coefficient (Wildman–Crippen LogP) is 3.26. The standard InChI is InChI=1S/C20H24N2O2S/c1-25(23,24)17-10-8-16(9-11-17)21-20-18-7-3-2-6-15(18)14-19(20)22-12-4-5-13-22/h2-3,6-11,19-21H,4-5,12-14H2,1H3/t19-,20-/m0/s1.